The van der Waals surface area contributed by atoms with E-state index in [0.717, 1.165) is 18.9 Å². The van der Waals surface area contributed by atoms with Crippen LogP contribution in [0.15, 0.2) is 6.20 Å². The van der Waals surface area contributed by atoms with Gasteiger partial charge >= 0.3 is 0 Å². The van der Waals surface area contributed by atoms with Gasteiger partial charge < -0.3 is 9.47 Å². The third-order valence-electron chi connectivity index (χ3n) is 3.21. The van der Waals surface area contributed by atoms with Gasteiger partial charge in [-0.05, 0) is 32.9 Å². The Morgan fingerprint density at radius 3 is 3.07 bits per heavy atom. The van der Waals surface area contributed by atoms with Gasteiger partial charge in [0.15, 0.2) is 0 Å². The number of hydrogen-bond acceptors (Lipinski definition) is 2. The first-order valence-corrected chi connectivity index (χ1v) is 5.85. The largest absolute Gasteiger partial charge is 0.332 e. The van der Waals surface area contributed by atoms with Crippen molar-refractivity contribution in [3.8, 4) is 0 Å². The van der Waals surface area contributed by atoms with E-state index in [2.05, 4.69) is 41.7 Å². The van der Waals surface area contributed by atoms with E-state index in [0.29, 0.717) is 0 Å². The van der Waals surface area contributed by atoms with Crippen LogP contribution in [0.2, 0.25) is 0 Å². The molecule has 0 saturated carbocycles. The van der Waals surface area contributed by atoms with Crippen LogP contribution < -0.4 is 0 Å². The van der Waals surface area contributed by atoms with Crippen LogP contribution in [0.4, 0.5) is 0 Å². The third kappa shape index (κ3) is 2.40. The minimum absolute atomic E-state index is 0.830. The molecule has 0 saturated heterocycles. The van der Waals surface area contributed by atoms with Gasteiger partial charge in [0.2, 0.25) is 0 Å². The molecule has 3 nitrogen and oxygen atoms in total. The van der Waals surface area contributed by atoms with Gasteiger partial charge in [0.1, 0.15) is 5.82 Å². The molecule has 2 rings (SSSR count). The zero-order chi connectivity index (χ0) is 10.8. The van der Waals surface area contributed by atoms with Gasteiger partial charge in [-0.15, -0.1) is 0 Å². The summed E-state index contributed by atoms with van der Waals surface area (Å²) in [6.45, 7) is 4.58. The molecule has 0 fully saturated rings. The van der Waals surface area contributed by atoms with Crippen LogP contribution in [-0.2, 0) is 19.4 Å². The van der Waals surface area contributed by atoms with Crippen molar-refractivity contribution >= 4 is 0 Å². The second-order valence-corrected chi connectivity index (χ2v) is 4.97. The Morgan fingerprint density at radius 2 is 2.33 bits per heavy atom. The van der Waals surface area contributed by atoms with Gasteiger partial charge in [-0.2, -0.15) is 0 Å². The highest BCUT2D eigenvalue weighted by molar-refractivity contribution is 5.09. The van der Waals surface area contributed by atoms with E-state index >= 15 is 0 Å². The molecule has 1 aromatic heterocycles. The summed E-state index contributed by atoms with van der Waals surface area (Å²) in [7, 11) is 4.23. The molecule has 0 N–H and O–H groups in total. The highest BCUT2D eigenvalue weighted by Crippen LogP contribution is 2.21. The molecule has 1 aliphatic heterocycles. The normalized spacial score (nSPS) is 20.7. The maximum atomic E-state index is 4.54. The number of rotatable bonds is 3. The average Bonchev–Trinajstić information content (AvgIpc) is 2.57. The summed E-state index contributed by atoms with van der Waals surface area (Å²) in [5.74, 6) is 2.10. The quantitative estimate of drug-likeness (QED) is 0.750. The molecule has 1 unspecified atom stereocenters. The first kappa shape index (κ1) is 10.7. The molecule has 15 heavy (non-hydrogen) atoms. The Hall–Kier alpha value is -0.830. The first-order valence-electron chi connectivity index (χ1n) is 5.85. The number of imidazole rings is 1. The monoisotopic (exact) mass is 207 g/mol. The third-order valence-corrected chi connectivity index (χ3v) is 3.21. The summed E-state index contributed by atoms with van der Waals surface area (Å²) in [5, 5.41) is 0. The molecule has 2 heterocycles. The van der Waals surface area contributed by atoms with Crippen LogP contribution in [0.1, 0.15) is 24.9 Å². The predicted octanol–water partition coefficient (Wildman–Crippen LogP) is 1.57. The SMILES string of the molecule is CC1CCn2c(cnc2CCN(C)C)C1. The summed E-state index contributed by atoms with van der Waals surface area (Å²) in [4.78, 5) is 6.76. The van der Waals surface area contributed by atoms with Crippen LogP contribution in [0.25, 0.3) is 0 Å². The Labute approximate surface area is 92.1 Å². The molecule has 0 amide bonds. The predicted molar refractivity (Wildman–Crippen MR) is 62.0 cm³/mol. The van der Waals surface area contributed by atoms with E-state index in [-0.39, 0.29) is 0 Å². The number of fused-ring (bicyclic) bond motifs is 1. The Morgan fingerprint density at radius 1 is 1.53 bits per heavy atom. The highest BCUT2D eigenvalue weighted by Gasteiger charge is 2.17. The number of likely N-dealkylation sites (N-methyl/N-ethyl adjacent to an activating group) is 1. The highest BCUT2D eigenvalue weighted by atomic mass is 15.1. The molecule has 84 valence electrons. The van der Waals surface area contributed by atoms with E-state index in [9.17, 15) is 0 Å². The van der Waals surface area contributed by atoms with Crippen molar-refractivity contribution in [2.45, 2.75) is 32.7 Å². The standard InChI is InChI=1S/C12H21N3/c1-10-4-7-15-11(8-10)9-13-12(15)5-6-14(2)3/h9-10H,4-8H2,1-3H3. The van der Waals surface area contributed by atoms with Crippen LogP contribution in [0.5, 0.6) is 0 Å². The van der Waals surface area contributed by atoms with Crippen molar-refractivity contribution in [2.24, 2.45) is 5.92 Å². The van der Waals surface area contributed by atoms with Crippen LogP contribution in [0.3, 0.4) is 0 Å². The van der Waals surface area contributed by atoms with Crippen molar-refractivity contribution in [3.05, 3.63) is 17.7 Å². The van der Waals surface area contributed by atoms with Gasteiger partial charge in [0, 0.05) is 31.4 Å². The van der Waals surface area contributed by atoms with Gasteiger partial charge in [0.05, 0.1) is 0 Å². The van der Waals surface area contributed by atoms with Crippen molar-refractivity contribution < 1.29 is 0 Å². The fraction of sp³-hybridized carbons (Fsp3) is 0.750. The number of hydrogen-bond donors (Lipinski definition) is 0. The van der Waals surface area contributed by atoms with Gasteiger partial charge in [-0.1, -0.05) is 6.92 Å². The minimum Gasteiger partial charge on any atom is -0.332 e. The van der Waals surface area contributed by atoms with Crippen LogP contribution >= 0.6 is 0 Å². The molecule has 1 aliphatic rings. The lowest BCUT2D eigenvalue weighted by atomic mass is 9.98. The Balaban J connectivity index is 2.07. The fourth-order valence-electron chi connectivity index (χ4n) is 2.22. The van der Waals surface area contributed by atoms with E-state index in [1.807, 2.05) is 0 Å². The summed E-state index contributed by atoms with van der Waals surface area (Å²) in [5.41, 5.74) is 1.43. The molecule has 0 aromatic carbocycles. The van der Waals surface area contributed by atoms with E-state index < -0.39 is 0 Å². The average molecular weight is 207 g/mol. The number of nitrogens with zero attached hydrogens (tertiary/aromatic N) is 3. The van der Waals surface area contributed by atoms with Gasteiger partial charge in [-0.3, -0.25) is 0 Å². The summed E-state index contributed by atoms with van der Waals surface area (Å²) < 4.78 is 2.42. The molecule has 0 aliphatic carbocycles. The molecule has 0 radical (unpaired) electrons. The van der Waals surface area contributed by atoms with Gasteiger partial charge in [0.25, 0.3) is 0 Å². The molecule has 1 aromatic rings. The molecule has 0 bridgehead atoms. The Bertz CT molecular complexity index is 328. The lowest BCUT2D eigenvalue weighted by molar-refractivity contribution is 0.385. The number of aromatic nitrogens is 2. The van der Waals surface area contributed by atoms with Crippen LogP contribution in [-0.4, -0.2) is 35.1 Å². The van der Waals surface area contributed by atoms with Crippen molar-refractivity contribution in [1.82, 2.24) is 14.5 Å². The lowest BCUT2D eigenvalue weighted by Gasteiger charge is -2.22. The van der Waals surface area contributed by atoms with Crippen LogP contribution in [0, 0.1) is 5.92 Å². The molecular formula is C12H21N3. The fourth-order valence-corrected chi connectivity index (χ4v) is 2.22. The van der Waals surface area contributed by atoms with E-state index in [1.165, 1.54) is 30.9 Å². The molecular weight excluding hydrogens is 186 g/mol. The zero-order valence-corrected chi connectivity index (χ0v) is 10.0. The maximum absolute atomic E-state index is 4.54. The second kappa shape index (κ2) is 4.35. The first-order chi connectivity index (χ1) is 7.16. The van der Waals surface area contributed by atoms with Crippen molar-refractivity contribution in [2.75, 3.05) is 20.6 Å². The Kier molecular flexibility index (Phi) is 3.10. The molecule has 0 spiro atoms. The lowest BCUT2D eigenvalue weighted by Crippen LogP contribution is -2.21. The minimum atomic E-state index is 0.830. The van der Waals surface area contributed by atoms with Crippen molar-refractivity contribution in [1.29, 1.82) is 0 Å². The smallest absolute Gasteiger partial charge is 0.110 e. The van der Waals surface area contributed by atoms with E-state index in [1.54, 1.807) is 0 Å². The molecule has 3 heteroatoms. The molecule has 1 atom stereocenters. The topological polar surface area (TPSA) is 21.1 Å². The maximum Gasteiger partial charge on any atom is 0.110 e. The van der Waals surface area contributed by atoms with Gasteiger partial charge in [-0.25, -0.2) is 4.98 Å². The summed E-state index contributed by atoms with van der Waals surface area (Å²) in [6, 6.07) is 0. The summed E-state index contributed by atoms with van der Waals surface area (Å²) in [6.07, 6.45) is 5.65. The van der Waals surface area contributed by atoms with Crippen molar-refractivity contribution in [3.63, 3.8) is 0 Å². The second-order valence-electron chi connectivity index (χ2n) is 4.97. The summed E-state index contributed by atoms with van der Waals surface area (Å²) >= 11 is 0. The van der Waals surface area contributed by atoms with E-state index in [4.69, 9.17) is 0 Å². The zero-order valence-electron chi connectivity index (χ0n) is 10.0.